The smallest absolute Gasteiger partial charge is 0.387 e. The van der Waals surface area contributed by atoms with Crippen molar-refractivity contribution in [3.8, 4) is 5.75 Å². The molecule has 0 amide bonds. The van der Waals surface area contributed by atoms with E-state index in [0.29, 0.717) is 11.1 Å². The molecule has 2 N–H and O–H groups in total. The molecule has 2 aromatic carbocycles. The zero-order valence-electron chi connectivity index (χ0n) is 10.9. The molecule has 0 aliphatic carbocycles. The van der Waals surface area contributed by atoms with Gasteiger partial charge in [0.15, 0.2) is 0 Å². The molecule has 0 saturated carbocycles. The molecular formula is C15H13F4NO. The molecule has 2 nitrogen and oxygen atoms in total. The van der Waals surface area contributed by atoms with Gasteiger partial charge in [0.25, 0.3) is 0 Å². The van der Waals surface area contributed by atoms with Crippen LogP contribution in [-0.2, 0) is 6.42 Å². The van der Waals surface area contributed by atoms with Crippen LogP contribution in [0.1, 0.15) is 17.2 Å². The van der Waals surface area contributed by atoms with E-state index in [-0.39, 0.29) is 12.2 Å². The maximum absolute atomic E-state index is 13.1. The fourth-order valence-corrected chi connectivity index (χ4v) is 2.02. The second-order valence-corrected chi connectivity index (χ2v) is 4.54. The van der Waals surface area contributed by atoms with Crippen LogP contribution >= 0.6 is 0 Å². The molecular weight excluding hydrogens is 286 g/mol. The first-order chi connectivity index (χ1) is 9.94. The SMILES string of the molecule is NC(Cc1cc(F)cc(F)c1)c1cccc(OC(F)F)c1. The summed E-state index contributed by atoms with van der Waals surface area (Å²) in [5.41, 5.74) is 6.87. The minimum Gasteiger partial charge on any atom is -0.435 e. The number of ether oxygens (including phenoxy) is 1. The molecule has 1 atom stereocenters. The highest BCUT2D eigenvalue weighted by Crippen LogP contribution is 2.22. The van der Waals surface area contributed by atoms with Crippen LogP contribution < -0.4 is 10.5 Å². The van der Waals surface area contributed by atoms with Crippen LogP contribution in [0.5, 0.6) is 5.75 Å². The molecule has 0 aromatic heterocycles. The van der Waals surface area contributed by atoms with Crippen LogP contribution in [0.25, 0.3) is 0 Å². The van der Waals surface area contributed by atoms with Gasteiger partial charge < -0.3 is 10.5 Å². The van der Waals surface area contributed by atoms with Gasteiger partial charge in [0.05, 0.1) is 0 Å². The molecule has 0 bridgehead atoms. The minimum atomic E-state index is -2.92. The highest BCUT2D eigenvalue weighted by Gasteiger charge is 2.11. The fourth-order valence-electron chi connectivity index (χ4n) is 2.02. The minimum absolute atomic E-state index is 0.0108. The third kappa shape index (κ3) is 4.46. The van der Waals surface area contributed by atoms with E-state index >= 15 is 0 Å². The predicted molar refractivity (Wildman–Crippen MR) is 70.1 cm³/mol. The molecule has 21 heavy (non-hydrogen) atoms. The summed E-state index contributed by atoms with van der Waals surface area (Å²) in [6.07, 6.45) is 0.173. The Bertz CT molecular complexity index is 598. The highest BCUT2D eigenvalue weighted by molar-refractivity contribution is 5.32. The van der Waals surface area contributed by atoms with Gasteiger partial charge in [-0.05, 0) is 41.8 Å². The van der Waals surface area contributed by atoms with Gasteiger partial charge >= 0.3 is 6.61 Å². The summed E-state index contributed by atoms with van der Waals surface area (Å²) in [4.78, 5) is 0. The summed E-state index contributed by atoms with van der Waals surface area (Å²) < 4.78 is 54.8. The number of nitrogens with two attached hydrogens (primary N) is 1. The van der Waals surface area contributed by atoms with E-state index in [1.165, 1.54) is 30.3 Å². The Balaban J connectivity index is 2.14. The van der Waals surface area contributed by atoms with E-state index in [1.54, 1.807) is 6.07 Å². The van der Waals surface area contributed by atoms with Gasteiger partial charge in [-0.15, -0.1) is 0 Å². The van der Waals surface area contributed by atoms with E-state index in [9.17, 15) is 17.6 Å². The molecule has 112 valence electrons. The fraction of sp³-hybridized carbons (Fsp3) is 0.200. The van der Waals surface area contributed by atoms with E-state index in [1.807, 2.05) is 0 Å². The molecule has 1 unspecified atom stereocenters. The zero-order valence-corrected chi connectivity index (χ0v) is 10.9. The van der Waals surface area contributed by atoms with Crippen LogP contribution in [0.2, 0.25) is 0 Å². The largest absolute Gasteiger partial charge is 0.435 e. The average Bonchev–Trinajstić information content (AvgIpc) is 2.36. The van der Waals surface area contributed by atoms with E-state index in [4.69, 9.17) is 5.73 Å². The predicted octanol–water partition coefficient (Wildman–Crippen LogP) is 3.81. The average molecular weight is 299 g/mol. The number of rotatable bonds is 5. The van der Waals surface area contributed by atoms with Crippen LogP contribution in [0, 0.1) is 11.6 Å². The third-order valence-electron chi connectivity index (χ3n) is 2.89. The summed E-state index contributed by atoms with van der Waals surface area (Å²) in [6.45, 7) is -2.92. The standard InChI is InChI=1S/C15H13F4NO/c16-11-4-9(5-12(17)8-11)6-14(20)10-2-1-3-13(7-10)21-15(18)19/h1-5,7-8,14-15H,6,20H2. The summed E-state index contributed by atoms with van der Waals surface area (Å²) in [6, 6.07) is 8.47. The second kappa shape index (κ2) is 6.58. The first-order valence-corrected chi connectivity index (χ1v) is 6.19. The lowest BCUT2D eigenvalue weighted by Crippen LogP contribution is -2.14. The molecule has 6 heteroatoms. The first-order valence-electron chi connectivity index (χ1n) is 6.19. The topological polar surface area (TPSA) is 35.2 Å². The van der Waals surface area contributed by atoms with Crippen molar-refractivity contribution in [2.75, 3.05) is 0 Å². The Morgan fingerprint density at radius 3 is 2.29 bits per heavy atom. The van der Waals surface area contributed by atoms with Gasteiger partial charge in [-0.1, -0.05) is 12.1 Å². The second-order valence-electron chi connectivity index (χ2n) is 4.54. The number of benzene rings is 2. The van der Waals surface area contributed by atoms with Crippen LogP contribution in [0.4, 0.5) is 17.6 Å². The normalized spacial score (nSPS) is 12.5. The maximum Gasteiger partial charge on any atom is 0.387 e. The first kappa shape index (κ1) is 15.3. The van der Waals surface area contributed by atoms with E-state index < -0.39 is 24.3 Å². The molecule has 2 aromatic rings. The van der Waals surface area contributed by atoms with Crippen molar-refractivity contribution in [2.24, 2.45) is 5.73 Å². The molecule has 0 radical (unpaired) electrons. The maximum atomic E-state index is 13.1. The Labute approximate surface area is 119 Å². The summed E-state index contributed by atoms with van der Waals surface area (Å²) in [5.74, 6) is -1.39. The molecule has 0 aliphatic rings. The Hall–Kier alpha value is -2.08. The molecule has 0 fully saturated rings. The highest BCUT2D eigenvalue weighted by atomic mass is 19.3. The quantitative estimate of drug-likeness (QED) is 0.852. The zero-order chi connectivity index (χ0) is 15.4. The van der Waals surface area contributed by atoms with Crippen LogP contribution in [-0.4, -0.2) is 6.61 Å². The van der Waals surface area contributed by atoms with Gasteiger partial charge in [-0.2, -0.15) is 8.78 Å². The van der Waals surface area contributed by atoms with Crippen LogP contribution in [0.15, 0.2) is 42.5 Å². The lowest BCUT2D eigenvalue weighted by molar-refractivity contribution is -0.0499. The van der Waals surface area contributed by atoms with Crippen molar-refractivity contribution in [3.63, 3.8) is 0 Å². The number of halogens is 4. The van der Waals surface area contributed by atoms with Crippen molar-refractivity contribution in [2.45, 2.75) is 19.1 Å². The Kier molecular flexibility index (Phi) is 4.80. The lowest BCUT2D eigenvalue weighted by atomic mass is 9.99. The number of hydrogen-bond donors (Lipinski definition) is 1. The van der Waals surface area contributed by atoms with E-state index in [0.717, 1.165) is 6.07 Å². The van der Waals surface area contributed by atoms with Gasteiger partial charge in [0, 0.05) is 12.1 Å². The molecule has 2 rings (SSSR count). The molecule has 0 saturated heterocycles. The van der Waals surface area contributed by atoms with Gasteiger partial charge in [-0.3, -0.25) is 0 Å². The van der Waals surface area contributed by atoms with Crippen molar-refractivity contribution < 1.29 is 22.3 Å². The summed E-state index contributed by atoms with van der Waals surface area (Å²) >= 11 is 0. The summed E-state index contributed by atoms with van der Waals surface area (Å²) in [5, 5.41) is 0. The monoisotopic (exact) mass is 299 g/mol. The van der Waals surface area contributed by atoms with E-state index in [2.05, 4.69) is 4.74 Å². The third-order valence-corrected chi connectivity index (χ3v) is 2.89. The Morgan fingerprint density at radius 1 is 1.00 bits per heavy atom. The van der Waals surface area contributed by atoms with Gasteiger partial charge in [-0.25, -0.2) is 8.78 Å². The van der Waals surface area contributed by atoms with Crippen molar-refractivity contribution >= 4 is 0 Å². The van der Waals surface area contributed by atoms with Crippen molar-refractivity contribution in [1.29, 1.82) is 0 Å². The van der Waals surface area contributed by atoms with Crippen molar-refractivity contribution in [3.05, 3.63) is 65.2 Å². The number of alkyl halides is 2. The molecule has 0 spiro atoms. The molecule has 0 aliphatic heterocycles. The number of hydrogen-bond acceptors (Lipinski definition) is 2. The van der Waals surface area contributed by atoms with Crippen molar-refractivity contribution in [1.82, 2.24) is 0 Å². The van der Waals surface area contributed by atoms with Crippen LogP contribution in [0.3, 0.4) is 0 Å². The summed E-state index contributed by atoms with van der Waals surface area (Å²) in [7, 11) is 0. The molecule has 0 heterocycles. The lowest BCUT2D eigenvalue weighted by Gasteiger charge is -2.14. The van der Waals surface area contributed by atoms with Gasteiger partial charge in [0.1, 0.15) is 17.4 Å². The van der Waals surface area contributed by atoms with Gasteiger partial charge in [0.2, 0.25) is 0 Å². The Morgan fingerprint density at radius 2 is 1.67 bits per heavy atom.